The minimum atomic E-state index is -4.57. The lowest BCUT2D eigenvalue weighted by Crippen LogP contribution is -2.49. The van der Waals surface area contributed by atoms with Gasteiger partial charge < -0.3 is 0 Å². The van der Waals surface area contributed by atoms with E-state index in [2.05, 4.69) is 0 Å². The number of benzene rings is 3. The minimum absolute atomic E-state index is 0.0486. The van der Waals surface area contributed by atoms with E-state index < -0.39 is 27.9 Å². The average Bonchev–Trinajstić information content (AvgIpc) is 3.18. The van der Waals surface area contributed by atoms with Gasteiger partial charge in [0.25, 0.3) is 0 Å². The molecule has 9 heteroatoms. The second kappa shape index (κ2) is 9.23. The zero-order valence-corrected chi connectivity index (χ0v) is 19.0. The predicted molar refractivity (Wildman–Crippen MR) is 123 cm³/mol. The van der Waals surface area contributed by atoms with E-state index in [1.165, 1.54) is 58.5 Å². The zero-order valence-electron chi connectivity index (χ0n) is 18.2. The molecule has 34 heavy (non-hydrogen) atoms. The molecule has 1 atom stereocenters. The van der Waals surface area contributed by atoms with Crippen LogP contribution in [0.25, 0.3) is 5.70 Å². The summed E-state index contributed by atoms with van der Waals surface area (Å²) < 4.78 is 79.7. The van der Waals surface area contributed by atoms with Gasteiger partial charge in [-0.1, -0.05) is 42.5 Å². The van der Waals surface area contributed by atoms with E-state index >= 15 is 0 Å². The molecule has 0 fully saturated rings. The molecule has 0 aliphatic carbocycles. The van der Waals surface area contributed by atoms with Crippen LogP contribution < -0.4 is 5.01 Å². The molecule has 0 aromatic heterocycles. The number of anilines is 1. The summed E-state index contributed by atoms with van der Waals surface area (Å²) >= 11 is 0. The Balaban J connectivity index is 1.78. The van der Waals surface area contributed by atoms with Crippen LogP contribution in [-0.2, 0) is 16.3 Å². The Bertz CT molecular complexity index is 1270. The van der Waals surface area contributed by atoms with Crippen molar-refractivity contribution in [3.63, 3.8) is 0 Å². The summed E-state index contributed by atoms with van der Waals surface area (Å²) in [7, 11) is -3.46. The first-order chi connectivity index (χ1) is 16.0. The van der Waals surface area contributed by atoms with Gasteiger partial charge in [-0.2, -0.15) is 18.2 Å². The van der Waals surface area contributed by atoms with Gasteiger partial charge in [0.15, 0.2) is 9.84 Å². The third-order valence-corrected chi connectivity index (χ3v) is 6.71. The Morgan fingerprint density at radius 1 is 0.882 bits per heavy atom. The maximum Gasteiger partial charge on any atom is 0.409 e. The van der Waals surface area contributed by atoms with E-state index in [1.54, 1.807) is 0 Å². The molecule has 1 aliphatic rings. The number of sulfone groups is 1. The predicted octanol–water partition coefficient (Wildman–Crippen LogP) is 5.48. The quantitative estimate of drug-likeness (QED) is 0.429. The number of hydrogen-bond acceptors (Lipinski definition) is 4. The number of halogens is 4. The molecular formula is C25H22F4N2O2S. The van der Waals surface area contributed by atoms with Crippen LogP contribution in [0, 0.1) is 5.82 Å². The molecule has 0 bridgehead atoms. The van der Waals surface area contributed by atoms with Gasteiger partial charge in [0.2, 0.25) is 0 Å². The van der Waals surface area contributed by atoms with Crippen molar-refractivity contribution in [1.29, 1.82) is 0 Å². The molecule has 178 valence electrons. The molecule has 4 rings (SSSR count). The Hall–Kier alpha value is -3.17. The van der Waals surface area contributed by atoms with Crippen molar-refractivity contribution in [3.8, 4) is 0 Å². The topological polar surface area (TPSA) is 40.6 Å². The molecule has 0 saturated carbocycles. The maximum atomic E-state index is 14.1. The molecule has 1 unspecified atom stereocenters. The largest absolute Gasteiger partial charge is 0.409 e. The van der Waals surface area contributed by atoms with E-state index in [9.17, 15) is 26.0 Å². The summed E-state index contributed by atoms with van der Waals surface area (Å²) in [6, 6.07) is 18.2. The summed E-state index contributed by atoms with van der Waals surface area (Å²) in [5.41, 5.74) is 1.89. The van der Waals surface area contributed by atoms with Crippen molar-refractivity contribution in [3.05, 3.63) is 102 Å². The van der Waals surface area contributed by atoms with E-state index in [4.69, 9.17) is 0 Å². The molecule has 0 radical (unpaired) electrons. The first-order valence-corrected chi connectivity index (χ1v) is 12.4. The summed E-state index contributed by atoms with van der Waals surface area (Å²) in [6.45, 7) is 0.0486. The summed E-state index contributed by atoms with van der Waals surface area (Å²) in [4.78, 5) is 0.0662. The highest BCUT2D eigenvalue weighted by Gasteiger charge is 2.49. The van der Waals surface area contributed by atoms with Crippen molar-refractivity contribution < 1.29 is 26.0 Å². The number of rotatable bonds is 6. The Labute approximate surface area is 195 Å². The van der Waals surface area contributed by atoms with Gasteiger partial charge in [-0.15, -0.1) is 0 Å². The van der Waals surface area contributed by atoms with E-state index in [0.29, 0.717) is 17.7 Å². The van der Waals surface area contributed by atoms with Crippen molar-refractivity contribution in [2.75, 3.05) is 17.8 Å². The monoisotopic (exact) mass is 490 g/mol. The Kier molecular flexibility index (Phi) is 6.51. The highest BCUT2D eigenvalue weighted by molar-refractivity contribution is 7.90. The fourth-order valence-corrected chi connectivity index (χ4v) is 4.55. The van der Waals surface area contributed by atoms with Crippen molar-refractivity contribution in [2.45, 2.75) is 23.5 Å². The third kappa shape index (κ3) is 5.15. The second-order valence-corrected chi connectivity index (χ2v) is 10.0. The smallest absolute Gasteiger partial charge is 0.273 e. The molecule has 4 nitrogen and oxygen atoms in total. The molecule has 1 heterocycles. The summed E-state index contributed by atoms with van der Waals surface area (Å²) in [5, 5.41) is 2.63. The van der Waals surface area contributed by atoms with Crippen molar-refractivity contribution in [1.82, 2.24) is 5.01 Å². The SMILES string of the molecule is CS(=O)(=O)c1ccc(C2=CC(C(F)(F)F)N(CCc3ccccc3)N2c2ccc(F)cc2)cc1. The first kappa shape index (κ1) is 24.0. The fourth-order valence-electron chi connectivity index (χ4n) is 3.92. The standard InChI is InChI=1S/C25H22F4N2O2S/c1-34(32,33)22-13-7-19(8-14-22)23-17-24(25(27,28)29)30(16-15-18-5-3-2-4-6-18)31(23)21-11-9-20(26)10-12-21/h2-14,17,24H,15-16H2,1H3. The van der Waals surface area contributed by atoms with Crippen LogP contribution in [0.2, 0.25) is 0 Å². The molecular weight excluding hydrogens is 468 g/mol. The molecule has 0 amide bonds. The Morgan fingerprint density at radius 2 is 1.50 bits per heavy atom. The van der Waals surface area contributed by atoms with E-state index in [1.807, 2.05) is 30.3 Å². The minimum Gasteiger partial charge on any atom is -0.273 e. The number of hydrazine groups is 1. The molecule has 0 N–H and O–H groups in total. The van der Waals surface area contributed by atoms with Gasteiger partial charge >= 0.3 is 6.18 Å². The third-order valence-electron chi connectivity index (χ3n) is 5.58. The van der Waals surface area contributed by atoms with E-state index in [-0.39, 0.29) is 17.1 Å². The summed E-state index contributed by atoms with van der Waals surface area (Å²) in [6.07, 6.45) is -2.03. The molecule has 1 aliphatic heterocycles. The van der Waals surface area contributed by atoms with Gasteiger partial charge in [-0.05, 0) is 60.0 Å². The maximum absolute atomic E-state index is 14.1. The molecule has 0 saturated heterocycles. The van der Waals surface area contributed by atoms with Crippen LogP contribution in [0.3, 0.4) is 0 Å². The normalized spacial score (nSPS) is 17.1. The first-order valence-electron chi connectivity index (χ1n) is 10.5. The van der Waals surface area contributed by atoms with Gasteiger partial charge in [-0.25, -0.2) is 12.8 Å². The van der Waals surface area contributed by atoms with Crippen molar-refractivity contribution >= 4 is 21.2 Å². The number of hydrogen-bond donors (Lipinski definition) is 0. The van der Waals surface area contributed by atoms with Gasteiger partial charge in [0.1, 0.15) is 11.9 Å². The molecule has 3 aromatic carbocycles. The van der Waals surface area contributed by atoms with Crippen LogP contribution >= 0.6 is 0 Å². The van der Waals surface area contributed by atoms with Crippen LogP contribution in [0.1, 0.15) is 11.1 Å². The van der Waals surface area contributed by atoms with Crippen LogP contribution in [0.5, 0.6) is 0 Å². The average molecular weight is 491 g/mol. The highest BCUT2D eigenvalue weighted by atomic mass is 32.2. The highest BCUT2D eigenvalue weighted by Crippen LogP contribution is 2.41. The van der Waals surface area contributed by atoms with Crippen LogP contribution in [-0.4, -0.2) is 38.4 Å². The van der Waals surface area contributed by atoms with Crippen molar-refractivity contribution in [2.24, 2.45) is 0 Å². The number of alkyl halides is 3. The van der Waals surface area contributed by atoms with Gasteiger partial charge in [0.05, 0.1) is 16.3 Å². The van der Waals surface area contributed by atoms with Crippen LogP contribution in [0.15, 0.2) is 89.8 Å². The lowest BCUT2D eigenvalue weighted by Gasteiger charge is -2.36. The second-order valence-electron chi connectivity index (χ2n) is 8.02. The zero-order chi connectivity index (χ0) is 24.5. The summed E-state index contributed by atoms with van der Waals surface area (Å²) in [5.74, 6) is -0.505. The fraction of sp³-hybridized carbons (Fsp3) is 0.200. The molecule has 0 spiro atoms. The molecule has 3 aromatic rings. The van der Waals surface area contributed by atoms with Gasteiger partial charge in [-0.3, -0.25) is 5.01 Å². The lowest BCUT2D eigenvalue weighted by molar-refractivity contribution is -0.167. The number of nitrogens with zero attached hydrogens (tertiary/aromatic N) is 2. The van der Waals surface area contributed by atoms with E-state index in [0.717, 1.165) is 17.9 Å². The van der Waals surface area contributed by atoms with Crippen LogP contribution in [0.4, 0.5) is 23.2 Å². The Morgan fingerprint density at radius 3 is 2.06 bits per heavy atom. The lowest BCUT2D eigenvalue weighted by atomic mass is 10.1. The van der Waals surface area contributed by atoms with Gasteiger partial charge in [0, 0.05) is 12.8 Å².